The Morgan fingerprint density at radius 3 is 2.62 bits per heavy atom. The Hall–Kier alpha value is -3.25. The van der Waals surface area contributed by atoms with Gasteiger partial charge >= 0.3 is 0 Å². The molecule has 32 heavy (non-hydrogen) atoms. The van der Waals surface area contributed by atoms with Crippen LogP contribution >= 0.6 is 11.8 Å². The average Bonchev–Trinajstić information content (AvgIpc) is 2.82. The maximum absolute atomic E-state index is 13.6. The van der Waals surface area contributed by atoms with Crippen LogP contribution in [-0.4, -0.2) is 30.7 Å². The molecule has 3 aromatic carbocycles. The van der Waals surface area contributed by atoms with Gasteiger partial charge in [-0.25, -0.2) is 0 Å². The number of para-hydroxylation sites is 1. The molecular weight excluding hydrogens is 420 g/mol. The number of hydrogen-bond donors (Lipinski definition) is 1. The minimum Gasteiger partial charge on any atom is -0.496 e. The summed E-state index contributed by atoms with van der Waals surface area (Å²) >= 11 is 1.60. The Labute approximate surface area is 192 Å². The molecular formula is C26H26N2O3S. The van der Waals surface area contributed by atoms with Crippen LogP contribution in [0.2, 0.25) is 0 Å². The van der Waals surface area contributed by atoms with Gasteiger partial charge in [0.1, 0.15) is 11.3 Å². The fourth-order valence-corrected chi connectivity index (χ4v) is 4.68. The number of anilines is 1. The second kappa shape index (κ2) is 9.09. The molecule has 0 aliphatic carbocycles. The highest BCUT2D eigenvalue weighted by Gasteiger charge is 2.47. The predicted octanol–water partition coefficient (Wildman–Crippen LogP) is 4.70. The minimum atomic E-state index is -1.08. The van der Waals surface area contributed by atoms with Crippen LogP contribution in [0.25, 0.3) is 0 Å². The lowest BCUT2D eigenvalue weighted by Gasteiger charge is -2.44. The second-order valence-electron chi connectivity index (χ2n) is 7.94. The van der Waals surface area contributed by atoms with Crippen molar-refractivity contribution < 1.29 is 14.3 Å². The Morgan fingerprint density at radius 1 is 1.09 bits per heavy atom. The summed E-state index contributed by atoms with van der Waals surface area (Å²) in [6.45, 7) is 2.15. The molecule has 5 nitrogen and oxygen atoms in total. The Bertz CT molecular complexity index is 1160. The van der Waals surface area contributed by atoms with Gasteiger partial charge in [-0.1, -0.05) is 42.5 Å². The third-order valence-electron chi connectivity index (χ3n) is 5.91. The first-order chi connectivity index (χ1) is 15.5. The lowest BCUT2D eigenvalue weighted by atomic mass is 9.82. The van der Waals surface area contributed by atoms with E-state index >= 15 is 0 Å². The second-order valence-corrected chi connectivity index (χ2v) is 8.82. The third kappa shape index (κ3) is 3.98. The van der Waals surface area contributed by atoms with Gasteiger partial charge in [-0.2, -0.15) is 0 Å². The molecule has 0 saturated heterocycles. The van der Waals surface area contributed by atoms with E-state index in [0.29, 0.717) is 30.0 Å². The van der Waals surface area contributed by atoms with E-state index in [1.54, 1.807) is 23.8 Å². The summed E-state index contributed by atoms with van der Waals surface area (Å²) in [6, 6.07) is 22.9. The van der Waals surface area contributed by atoms with Crippen molar-refractivity contribution in [1.82, 2.24) is 5.32 Å². The monoisotopic (exact) mass is 446 g/mol. The summed E-state index contributed by atoms with van der Waals surface area (Å²) in [4.78, 5) is 29.9. The number of hydrogen-bond acceptors (Lipinski definition) is 4. The summed E-state index contributed by atoms with van der Waals surface area (Å²) in [5, 5.41) is 3.05. The standard InChI is InChI=1S/C26H26N2O3S/c1-26(25(30)27-17-19-10-5-7-14-23(19)31-2)16-18-9-4-6-13-22(18)24(29)28(26)20-11-8-12-21(15-20)32-3/h4-15H,16-17H2,1-3H3,(H,27,30)/t26-/m0/s1. The Balaban J connectivity index is 1.72. The molecule has 0 unspecified atom stereocenters. The summed E-state index contributed by atoms with van der Waals surface area (Å²) in [5.74, 6) is 0.341. The SMILES string of the molecule is COc1ccccc1CNC(=O)[C@]1(C)Cc2ccccc2C(=O)N1c1cccc(SC)c1. The lowest BCUT2D eigenvalue weighted by molar-refractivity contribution is -0.126. The molecule has 1 N–H and O–H groups in total. The van der Waals surface area contributed by atoms with Gasteiger partial charge in [-0.3, -0.25) is 14.5 Å². The number of fused-ring (bicyclic) bond motifs is 1. The number of nitrogens with one attached hydrogen (secondary N) is 1. The smallest absolute Gasteiger partial charge is 0.259 e. The normalized spacial score (nSPS) is 17.6. The van der Waals surface area contributed by atoms with Crippen LogP contribution in [0.5, 0.6) is 5.75 Å². The molecule has 4 rings (SSSR count). The van der Waals surface area contributed by atoms with Crippen LogP contribution in [0.1, 0.15) is 28.4 Å². The number of rotatable bonds is 6. The van der Waals surface area contributed by atoms with E-state index in [2.05, 4.69) is 5.32 Å². The van der Waals surface area contributed by atoms with E-state index in [9.17, 15) is 9.59 Å². The zero-order valence-corrected chi connectivity index (χ0v) is 19.2. The highest BCUT2D eigenvalue weighted by molar-refractivity contribution is 7.98. The van der Waals surface area contributed by atoms with E-state index in [-0.39, 0.29) is 11.8 Å². The first-order valence-electron chi connectivity index (χ1n) is 10.4. The quantitative estimate of drug-likeness (QED) is 0.558. The van der Waals surface area contributed by atoms with E-state index < -0.39 is 5.54 Å². The molecule has 0 spiro atoms. The number of thioether (sulfide) groups is 1. The van der Waals surface area contributed by atoms with E-state index in [4.69, 9.17) is 4.74 Å². The van der Waals surface area contributed by atoms with Crippen LogP contribution in [0.15, 0.2) is 77.7 Å². The van der Waals surface area contributed by atoms with Crippen LogP contribution in [-0.2, 0) is 17.8 Å². The highest BCUT2D eigenvalue weighted by atomic mass is 32.2. The maximum Gasteiger partial charge on any atom is 0.259 e. The lowest BCUT2D eigenvalue weighted by Crippen LogP contribution is -2.63. The van der Waals surface area contributed by atoms with Crippen LogP contribution in [0.4, 0.5) is 5.69 Å². The number of methoxy groups -OCH3 is 1. The van der Waals surface area contributed by atoms with Gasteiger partial charge < -0.3 is 10.1 Å². The molecule has 0 fully saturated rings. The predicted molar refractivity (Wildman–Crippen MR) is 128 cm³/mol. The number of nitrogens with zero attached hydrogens (tertiary/aromatic N) is 1. The molecule has 0 saturated carbocycles. The van der Waals surface area contributed by atoms with Gasteiger partial charge in [0, 0.05) is 34.7 Å². The van der Waals surface area contributed by atoms with Crippen molar-refractivity contribution in [2.75, 3.05) is 18.3 Å². The van der Waals surface area contributed by atoms with Crippen molar-refractivity contribution in [2.45, 2.75) is 30.3 Å². The van der Waals surface area contributed by atoms with E-state index in [1.165, 1.54) is 0 Å². The van der Waals surface area contributed by atoms with Gasteiger partial charge in [0.05, 0.1) is 7.11 Å². The summed E-state index contributed by atoms with van der Waals surface area (Å²) in [5.41, 5.74) is 2.03. The Kier molecular flexibility index (Phi) is 6.24. The van der Waals surface area contributed by atoms with Gasteiger partial charge in [0.2, 0.25) is 5.91 Å². The molecule has 0 aromatic heterocycles. The third-order valence-corrected chi connectivity index (χ3v) is 6.64. The van der Waals surface area contributed by atoms with Crippen molar-refractivity contribution in [1.29, 1.82) is 0 Å². The molecule has 1 heterocycles. The molecule has 1 aliphatic rings. The summed E-state index contributed by atoms with van der Waals surface area (Å²) < 4.78 is 5.41. The number of carbonyl (C=O) groups excluding carboxylic acids is 2. The van der Waals surface area contributed by atoms with Crippen molar-refractivity contribution in [3.8, 4) is 5.75 Å². The van der Waals surface area contributed by atoms with Crippen molar-refractivity contribution >= 4 is 29.3 Å². The first kappa shape index (κ1) is 22.0. The van der Waals surface area contributed by atoms with E-state index in [1.807, 2.05) is 86.0 Å². The maximum atomic E-state index is 13.6. The van der Waals surface area contributed by atoms with Crippen LogP contribution in [0, 0.1) is 0 Å². The topological polar surface area (TPSA) is 58.6 Å². The number of ether oxygens (including phenoxy) is 1. The van der Waals surface area contributed by atoms with Gasteiger partial charge in [-0.05, 0) is 49.1 Å². The molecule has 1 atom stereocenters. The average molecular weight is 447 g/mol. The van der Waals surface area contributed by atoms with E-state index in [0.717, 1.165) is 16.0 Å². The van der Waals surface area contributed by atoms with Crippen molar-refractivity contribution in [3.05, 3.63) is 89.5 Å². The molecule has 2 amide bonds. The van der Waals surface area contributed by atoms with Gasteiger partial charge in [0.25, 0.3) is 5.91 Å². The van der Waals surface area contributed by atoms with Crippen LogP contribution in [0.3, 0.4) is 0 Å². The fraction of sp³-hybridized carbons (Fsp3) is 0.231. The molecule has 0 radical (unpaired) electrons. The zero-order chi connectivity index (χ0) is 22.7. The summed E-state index contributed by atoms with van der Waals surface area (Å²) in [7, 11) is 1.61. The summed E-state index contributed by atoms with van der Waals surface area (Å²) in [6.07, 6.45) is 2.42. The molecule has 0 bridgehead atoms. The molecule has 6 heteroatoms. The zero-order valence-electron chi connectivity index (χ0n) is 18.4. The highest BCUT2D eigenvalue weighted by Crippen LogP contribution is 2.36. The number of carbonyl (C=O) groups is 2. The number of amides is 2. The molecule has 3 aromatic rings. The Morgan fingerprint density at radius 2 is 1.84 bits per heavy atom. The number of benzene rings is 3. The van der Waals surface area contributed by atoms with Gasteiger partial charge in [0.15, 0.2) is 0 Å². The fourth-order valence-electron chi connectivity index (χ4n) is 4.23. The molecule has 164 valence electrons. The van der Waals surface area contributed by atoms with Crippen LogP contribution < -0.4 is 15.0 Å². The first-order valence-corrected chi connectivity index (χ1v) is 11.7. The van der Waals surface area contributed by atoms with Crippen molar-refractivity contribution in [2.24, 2.45) is 0 Å². The molecule has 1 aliphatic heterocycles. The largest absolute Gasteiger partial charge is 0.496 e. The van der Waals surface area contributed by atoms with Gasteiger partial charge in [-0.15, -0.1) is 11.8 Å². The van der Waals surface area contributed by atoms with Crippen molar-refractivity contribution in [3.63, 3.8) is 0 Å². The minimum absolute atomic E-state index is 0.167.